The minimum Gasteiger partial charge on any atom is -0.454 e. The lowest BCUT2D eigenvalue weighted by atomic mass is 9.94. The number of hydrogen-bond acceptors (Lipinski definition) is 4. The second-order valence-electron chi connectivity index (χ2n) is 5.26. The molecule has 1 aliphatic heterocycles. The van der Waals surface area contributed by atoms with Crippen LogP contribution in [-0.2, 0) is 6.42 Å². The first-order valence-electron chi connectivity index (χ1n) is 7.08. The highest BCUT2D eigenvalue weighted by atomic mass is 32.1. The van der Waals surface area contributed by atoms with E-state index < -0.39 is 0 Å². The van der Waals surface area contributed by atoms with E-state index in [1.54, 1.807) is 17.4 Å². The molecule has 21 heavy (non-hydrogen) atoms. The molecule has 1 amide bonds. The number of rotatable bonds is 2. The SMILES string of the molecule is O=C(NC1CCCc2sccc21)c1cccc2c1OCO2. The molecule has 0 saturated heterocycles. The molecule has 0 saturated carbocycles. The molecule has 2 aliphatic rings. The van der Waals surface area contributed by atoms with Gasteiger partial charge in [0, 0.05) is 4.88 Å². The highest BCUT2D eigenvalue weighted by Gasteiger charge is 2.26. The molecule has 2 aromatic rings. The summed E-state index contributed by atoms with van der Waals surface area (Å²) < 4.78 is 10.7. The van der Waals surface area contributed by atoms with Gasteiger partial charge in [-0.3, -0.25) is 4.79 Å². The molecule has 0 bridgehead atoms. The Bertz CT molecular complexity index is 695. The van der Waals surface area contributed by atoms with E-state index in [0.29, 0.717) is 17.1 Å². The van der Waals surface area contributed by atoms with Crippen molar-refractivity contribution in [2.75, 3.05) is 6.79 Å². The van der Waals surface area contributed by atoms with Gasteiger partial charge in [-0.15, -0.1) is 11.3 Å². The largest absolute Gasteiger partial charge is 0.454 e. The summed E-state index contributed by atoms with van der Waals surface area (Å²) in [5.74, 6) is 1.10. The van der Waals surface area contributed by atoms with Gasteiger partial charge < -0.3 is 14.8 Å². The minimum absolute atomic E-state index is 0.0959. The molecular weight excluding hydrogens is 286 g/mol. The molecule has 5 heteroatoms. The number of fused-ring (bicyclic) bond motifs is 2. The Hall–Kier alpha value is -2.01. The predicted molar refractivity (Wildman–Crippen MR) is 80.0 cm³/mol. The summed E-state index contributed by atoms with van der Waals surface area (Å²) in [7, 11) is 0. The Morgan fingerprint density at radius 2 is 2.24 bits per heavy atom. The molecule has 4 nitrogen and oxygen atoms in total. The molecule has 1 aromatic carbocycles. The standard InChI is InChI=1S/C16H15NO3S/c18-16(11-3-1-5-13-15(11)20-9-19-13)17-12-4-2-6-14-10(12)7-8-21-14/h1,3,5,7-8,12H,2,4,6,9H2,(H,17,18). The van der Waals surface area contributed by atoms with Crippen LogP contribution >= 0.6 is 11.3 Å². The number of aryl methyl sites for hydroxylation is 1. The average Bonchev–Trinajstić information content (AvgIpc) is 3.15. The fourth-order valence-corrected chi connectivity index (χ4v) is 3.97. The molecule has 1 unspecified atom stereocenters. The van der Waals surface area contributed by atoms with Crippen molar-refractivity contribution in [1.82, 2.24) is 5.32 Å². The third-order valence-corrected chi connectivity index (χ3v) is 4.99. The summed E-state index contributed by atoms with van der Waals surface area (Å²) >= 11 is 1.78. The molecular formula is C16H15NO3S. The molecule has 4 rings (SSSR count). The zero-order valence-corrected chi connectivity index (χ0v) is 12.2. The van der Waals surface area contributed by atoms with E-state index in [-0.39, 0.29) is 18.7 Å². The molecule has 0 radical (unpaired) electrons. The van der Waals surface area contributed by atoms with Gasteiger partial charge in [0.15, 0.2) is 11.5 Å². The van der Waals surface area contributed by atoms with Gasteiger partial charge in [0.2, 0.25) is 6.79 Å². The van der Waals surface area contributed by atoms with Crippen LogP contribution < -0.4 is 14.8 Å². The Kier molecular flexibility index (Phi) is 3.07. The van der Waals surface area contributed by atoms with Crippen molar-refractivity contribution in [3.63, 3.8) is 0 Å². The topological polar surface area (TPSA) is 47.6 Å². The van der Waals surface area contributed by atoms with Crippen LogP contribution in [0.15, 0.2) is 29.6 Å². The van der Waals surface area contributed by atoms with Crippen LogP contribution in [0.3, 0.4) is 0 Å². The second-order valence-corrected chi connectivity index (χ2v) is 6.26. The van der Waals surface area contributed by atoms with Crippen molar-refractivity contribution in [3.8, 4) is 11.5 Å². The van der Waals surface area contributed by atoms with Crippen LogP contribution in [0, 0.1) is 0 Å². The quantitative estimate of drug-likeness (QED) is 0.926. The van der Waals surface area contributed by atoms with Crippen LogP contribution in [0.25, 0.3) is 0 Å². The molecule has 1 atom stereocenters. The van der Waals surface area contributed by atoms with Crippen LogP contribution in [0.4, 0.5) is 0 Å². The monoisotopic (exact) mass is 301 g/mol. The number of hydrogen-bond donors (Lipinski definition) is 1. The van der Waals surface area contributed by atoms with Gasteiger partial charge in [0.1, 0.15) is 0 Å². The summed E-state index contributed by atoms with van der Waals surface area (Å²) in [5, 5.41) is 5.24. The van der Waals surface area contributed by atoms with Crippen molar-refractivity contribution in [2.45, 2.75) is 25.3 Å². The summed E-state index contributed by atoms with van der Waals surface area (Å²) in [4.78, 5) is 14.0. The Morgan fingerprint density at radius 3 is 3.19 bits per heavy atom. The Morgan fingerprint density at radius 1 is 1.29 bits per heavy atom. The van der Waals surface area contributed by atoms with Gasteiger partial charge in [0.05, 0.1) is 11.6 Å². The lowest BCUT2D eigenvalue weighted by molar-refractivity contribution is 0.0928. The number of ether oxygens (including phenoxy) is 2. The lowest BCUT2D eigenvalue weighted by Gasteiger charge is -2.23. The fraction of sp³-hybridized carbons (Fsp3) is 0.312. The highest BCUT2D eigenvalue weighted by molar-refractivity contribution is 7.10. The van der Waals surface area contributed by atoms with Crippen LogP contribution in [0.1, 0.15) is 39.7 Å². The summed E-state index contributed by atoms with van der Waals surface area (Å²) in [6.45, 7) is 0.178. The van der Waals surface area contributed by atoms with Crippen molar-refractivity contribution in [2.24, 2.45) is 0 Å². The van der Waals surface area contributed by atoms with Crippen molar-refractivity contribution in [3.05, 3.63) is 45.6 Å². The fourth-order valence-electron chi connectivity index (χ4n) is 2.98. The first-order chi connectivity index (χ1) is 10.3. The second kappa shape index (κ2) is 5.07. The van der Waals surface area contributed by atoms with E-state index in [2.05, 4.69) is 16.8 Å². The van der Waals surface area contributed by atoms with Crippen LogP contribution in [0.5, 0.6) is 11.5 Å². The third kappa shape index (κ3) is 2.17. The van der Waals surface area contributed by atoms with E-state index in [9.17, 15) is 4.79 Å². The van der Waals surface area contributed by atoms with E-state index in [4.69, 9.17) is 9.47 Å². The van der Waals surface area contributed by atoms with E-state index in [0.717, 1.165) is 19.3 Å². The predicted octanol–water partition coefficient (Wildman–Crippen LogP) is 3.28. The number of amides is 1. The van der Waals surface area contributed by atoms with E-state index in [1.165, 1.54) is 10.4 Å². The van der Waals surface area contributed by atoms with Gasteiger partial charge in [-0.05, 0) is 48.4 Å². The maximum Gasteiger partial charge on any atom is 0.255 e. The normalized spacial score (nSPS) is 19.1. The summed E-state index contributed by atoms with van der Waals surface area (Å²) in [5.41, 5.74) is 1.82. The highest BCUT2D eigenvalue weighted by Crippen LogP contribution is 2.37. The Labute approximate surface area is 126 Å². The molecule has 1 aromatic heterocycles. The molecule has 0 fully saturated rings. The number of para-hydroxylation sites is 1. The molecule has 1 aliphatic carbocycles. The van der Waals surface area contributed by atoms with Gasteiger partial charge in [-0.2, -0.15) is 0 Å². The number of carbonyl (C=O) groups excluding carboxylic acids is 1. The maximum atomic E-state index is 12.6. The lowest BCUT2D eigenvalue weighted by Crippen LogP contribution is -2.30. The number of nitrogens with one attached hydrogen (secondary N) is 1. The van der Waals surface area contributed by atoms with Gasteiger partial charge in [-0.1, -0.05) is 6.07 Å². The first kappa shape index (κ1) is 12.7. The minimum atomic E-state index is -0.0959. The average molecular weight is 301 g/mol. The van der Waals surface area contributed by atoms with Crippen LogP contribution in [0.2, 0.25) is 0 Å². The molecule has 1 N–H and O–H groups in total. The van der Waals surface area contributed by atoms with Crippen molar-refractivity contribution >= 4 is 17.2 Å². The zero-order valence-electron chi connectivity index (χ0n) is 11.4. The van der Waals surface area contributed by atoms with Gasteiger partial charge >= 0.3 is 0 Å². The number of carbonyl (C=O) groups is 1. The molecule has 2 heterocycles. The van der Waals surface area contributed by atoms with Gasteiger partial charge in [0.25, 0.3) is 5.91 Å². The number of benzene rings is 1. The number of thiophene rings is 1. The maximum absolute atomic E-state index is 12.6. The molecule has 0 spiro atoms. The third-order valence-electron chi connectivity index (χ3n) is 4.00. The van der Waals surface area contributed by atoms with Gasteiger partial charge in [-0.25, -0.2) is 0 Å². The zero-order chi connectivity index (χ0) is 14.2. The molecule has 108 valence electrons. The van der Waals surface area contributed by atoms with E-state index in [1.807, 2.05) is 12.1 Å². The van der Waals surface area contributed by atoms with Crippen LogP contribution in [-0.4, -0.2) is 12.7 Å². The van der Waals surface area contributed by atoms with E-state index >= 15 is 0 Å². The van der Waals surface area contributed by atoms with Crippen molar-refractivity contribution < 1.29 is 14.3 Å². The summed E-state index contributed by atoms with van der Waals surface area (Å²) in [6.07, 6.45) is 3.23. The first-order valence-corrected chi connectivity index (χ1v) is 7.96. The summed E-state index contributed by atoms with van der Waals surface area (Å²) in [6, 6.07) is 7.64. The van der Waals surface area contributed by atoms with Crippen molar-refractivity contribution in [1.29, 1.82) is 0 Å². The smallest absolute Gasteiger partial charge is 0.255 e. The Balaban J connectivity index is 1.59.